The van der Waals surface area contributed by atoms with Gasteiger partial charge in [-0.2, -0.15) is 5.10 Å². The van der Waals surface area contributed by atoms with E-state index in [1.165, 1.54) is 0 Å². The van der Waals surface area contributed by atoms with Crippen LogP contribution >= 0.6 is 11.6 Å². The van der Waals surface area contributed by atoms with Crippen LogP contribution in [0.2, 0.25) is 5.02 Å². The molecule has 1 aliphatic rings. The standard InChI is InChI=1S/C25H28ClN5O2/c1-16-23(17(2)31(29-16)22-7-3-19(26)4-8-22)15-24(32)28-20-5-9-21(10-6-20)30-13-11-18(12-14-30)25(27)33/h3-10,18H,11-15H2,1-2H3,(H2,27,33)(H,28,32). The quantitative estimate of drug-likeness (QED) is 0.574. The van der Waals surface area contributed by atoms with Crippen LogP contribution in [0.5, 0.6) is 0 Å². The van der Waals surface area contributed by atoms with Gasteiger partial charge in [-0.3, -0.25) is 9.59 Å². The number of carbonyl (C=O) groups excluding carboxylic acids is 2. The molecule has 33 heavy (non-hydrogen) atoms. The zero-order valence-electron chi connectivity index (χ0n) is 18.8. The second kappa shape index (κ2) is 9.67. The molecule has 172 valence electrons. The Hall–Kier alpha value is -3.32. The second-order valence-corrected chi connectivity index (χ2v) is 8.91. The molecule has 1 aromatic heterocycles. The van der Waals surface area contributed by atoms with Crippen LogP contribution in [-0.4, -0.2) is 34.7 Å². The first-order chi connectivity index (χ1) is 15.8. The zero-order chi connectivity index (χ0) is 23.5. The molecule has 7 nitrogen and oxygen atoms in total. The molecule has 2 amide bonds. The molecule has 4 rings (SSSR count). The van der Waals surface area contributed by atoms with Crippen LogP contribution < -0.4 is 16.0 Å². The Labute approximate surface area is 198 Å². The van der Waals surface area contributed by atoms with Gasteiger partial charge < -0.3 is 16.0 Å². The van der Waals surface area contributed by atoms with Gasteiger partial charge in [0.05, 0.1) is 17.8 Å². The summed E-state index contributed by atoms with van der Waals surface area (Å²) in [5.41, 5.74) is 10.8. The lowest BCUT2D eigenvalue weighted by atomic mass is 9.96. The van der Waals surface area contributed by atoms with Crippen molar-refractivity contribution < 1.29 is 9.59 Å². The normalized spacial score (nSPS) is 14.3. The molecule has 8 heteroatoms. The van der Waals surface area contributed by atoms with Gasteiger partial charge in [-0.15, -0.1) is 0 Å². The topological polar surface area (TPSA) is 93.2 Å². The molecule has 0 radical (unpaired) electrons. The summed E-state index contributed by atoms with van der Waals surface area (Å²) in [6, 6.07) is 15.3. The third kappa shape index (κ3) is 5.20. The molecule has 1 saturated heterocycles. The Morgan fingerprint density at radius 1 is 1.03 bits per heavy atom. The molecule has 1 aliphatic heterocycles. The first kappa shape index (κ1) is 22.9. The summed E-state index contributed by atoms with van der Waals surface area (Å²) in [6.45, 7) is 5.48. The summed E-state index contributed by atoms with van der Waals surface area (Å²) in [6.07, 6.45) is 1.79. The summed E-state index contributed by atoms with van der Waals surface area (Å²) in [5, 5.41) is 8.26. The second-order valence-electron chi connectivity index (χ2n) is 8.47. The van der Waals surface area contributed by atoms with Crippen LogP contribution in [0.3, 0.4) is 0 Å². The Balaban J connectivity index is 1.38. The number of carbonyl (C=O) groups is 2. The fourth-order valence-corrected chi connectivity index (χ4v) is 4.43. The minimum absolute atomic E-state index is 0.0317. The molecule has 0 spiro atoms. The number of hydrogen-bond donors (Lipinski definition) is 2. The minimum atomic E-state index is -0.211. The van der Waals surface area contributed by atoms with Gasteiger partial charge in [0.15, 0.2) is 0 Å². The highest BCUT2D eigenvalue weighted by Crippen LogP contribution is 2.25. The lowest BCUT2D eigenvalue weighted by molar-refractivity contribution is -0.122. The fourth-order valence-electron chi connectivity index (χ4n) is 4.31. The molecule has 0 aliphatic carbocycles. The molecular weight excluding hydrogens is 438 g/mol. The van der Waals surface area contributed by atoms with Crippen molar-refractivity contribution in [1.82, 2.24) is 9.78 Å². The molecule has 3 N–H and O–H groups in total. The number of aromatic nitrogens is 2. The third-order valence-electron chi connectivity index (χ3n) is 6.26. The Kier molecular flexibility index (Phi) is 6.70. The number of anilines is 2. The van der Waals surface area contributed by atoms with Crippen molar-refractivity contribution in [3.63, 3.8) is 0 Å². The highest BCUT2D eigenvalue weighted by atomic mass is 35.5. The monoisotopic (exact) mass is 465 g/mol. The highest BCUT2D eigenvalue weighted by molar-refractivity contribution is 6.30. The fraction of sp³-hybridized carbons (Fsp3) is 0.320. The number of halogens is 1. The first-order valence-electron chi connectivity index (χ1n) is 11.1. The molecule has 0 saturated carbocycles. The molecule has 1 fully saturated rings. The Morgan fingerprint density at radius 3 is 2.24 bits per heavy atom. The van der Waals surface area contributed by atoms with E-state index in [0.29, 0.717) is 5.02 Å². The summed E-state index contributed by atoms with van der Waals surface area (Å²) >= 11 is 5.99. The van der Waals surface area contributed by atoms with E-state index in [1.807, 2.05) is 67.1 Å². The molecule has 0 atom stereocenters. The van der Waals surface area contributed by atoms with E-state index in [2.05, 4.69) is 15.3 Å². The van der Waals surface area contributed by atoms with Crippen LogP contribution in [0.25, 0.3) is 5.69 Å². The van der Waals surface area contributed by atoms with Crippen LogP contribution in [-0.2, 0) is 16.0 Å². The molecular formula is C25H28ClN5O2. The lowest BCUT2D eigenvalue weighted by Gasteiger charge is -2.32. The highest BCUT2D eigenvalue weighted by Gasteiger charge is 2.23. The predicted octanol–water partition coefficient (Wildman–Crippen LogP) is 4.03. The number of nitrogens with zero attached hydrogens (tertiary/aromatic N) is 3. The van der Waals surface area contributed by atoms with Crippen LogP contribution in [0.1, 0.15) is 29.8 Å². The van der Waals surface area contributed by atoms with E-state index in [1.54, 1.807) is 0 Å². The summed E-state index contributed by atoms with van der Waals surface area (Å²) in [5.74, 6) is -0.334. The number of piperidine rings is 1. The summed E-state index contributed by atoms with van der Waals surface area (Å²) in [7, 11) is 0. The number of rotatable bonds is 6. The maximum absolute atomic E-state index is 12.7. The largest absolute Gasteiger partial charge is 0.371 e. The van der Waals surface area contributed by atoms with Gasteiger partial charge >= 0.3 is 0 Å². The van der Waals surface area contributed by atoms with E-state index in [-0.39, 0.29) is 24.2 Å². The van der Waals surface area contributed by atoms with Crippen LogP contribution in [0.15, 0.2) is 48.5 Å². The molecule has 0 bridgehead atoms. The number of primary amides is 1. The molecule has 0 unspecified atom stereocenters. The Morgan fingerprint density at radius 2 is 1.64 bits per heavy atom. The van der Waals surface area contributed by atoms with E-state index < -0.39 is 0 Å². The number of nitrogens with one attached hydrogen (secondary N) is 1. The number of aryl methyl sites for hydroxylation is 1. The van der Waals surface area contributed by atoms with Crippen molar-refractivity contribution in [3.8, 4) is 5.69 Å². The van der Waals surface area contributed by atoms with E-state index in [0.717, 1.165) is 59.9 Å². The molecule has 2 aromatic carbocycles. The van der Waals surface area contributed by atoms with Crippen molar-refractivity contribution in [2.24, 2.45) is 11.7 Å². The van der Waals surface area contributed by atoms with Gasteiger partial charge in [-0.25, -0.2) is 4.68 Å². The van der Waals surface area contributed by atoms with Gasteiger partial charge in [0.1, 0.15) is 0 Å². The predicted molar refractivity (Wildman–Crippen MR) is 131 cm³/mol. The maximum atomic E-state index is 12.7. The summed E-state index contributed by atoms with van der Waals surface area (Å²) < 4.78 is 1.84. The maximum Gasteiger partial charge on any atom is 0.228 e. The van der Waals surface area contributed by atoms with E-state index in [9.17, 15) is 9.59 Å². The van der Waals surface area contributed by atoms with Crippen molar-refractivity contribution in [2.75, 3.05) is 23.3 Å². The SMILES string of the molecule is Cc1nn(-c2ccc(Cl)cc2)c(C)c1CC(=O)Nc1ccc(N2CCC(C(N)=O)CC2)cc1. The third-order valence-corrected chi connectivity index (χ3v) is 6.52. The van der Waals surface area contributed by atoms with Crippen molar-refractivity contribution in [3.05, 3.63) is 70.5 Å². The van der Waals surface area contributed by atoms with Gasteiger partial charge in [0.25, 0.3) is 0 Å². The number of nitrogens with two attached hydrogens (primary N) is 1. The Bertz CT molecular complexity index is 1150. The average Bonchev–Trinajstić information content (AvgIpc) is 3.08. The molecule has 2 heterocycles. The van der Waals surface area contributed by atoms with Crippen molar-refractivity contribution >= 4 is 34.8 Å². The van der Waals surface area contributed by atoms with Crippen LogP contribution in [0, 0.1) is 19.8 Å². The first-order valence-corrected chi connectivity index (χ1v) is 11.4. The van der Waals surface area contributed by atoms with Crippen LogP contribution in [0.4, 0.5) is 11.4 Å². The molecule has 3 aromatic rings. The van der Waals surface area contributed by atoms with E-state index >= 15 is 0 Å². The van der Waals surface area contributed by atoms with Gasteiger partial charge in [-0.05, 0) is 75.2 Å². The smallest absolute Gasteiger partial charge is 0.228 e. The number of amides is 2. The van der Waals surface area contributed by atoms with Gasteiger partial charge in [-0.1, -0.05) is 11.6 Å². The van der Waals surface area contributed by atoms with Gasteiger partial charge in [0.2, 0.25) is 11.8 Å². The van der Waals surface area contributed by atoms with E-state index in [4.69, 9.17) is 17.3 Å². The van der Waals surface area contributed by atoms with Gasteiger partial charge in [0, 0.05) is 46.7 Å². The lowest BCUT2D eigenvalue weighted by Crippen LogP contribution is -2.38. The minimum Gasteiger partial charge on any atom is -0.371 e. The average molecular weight is 466 g/mol. The number of hydrogen-bond acceptors (Lipinski definition) is 4. The van der Waals surface area contributed by atoms with Crippen molar-refractivity contribution in [2.45, 2.75) is 33.1 Å². The zero-order valence-corrected chi connectivity index (χ0v) is 19.6. The number of benzene rings is 2. The summed E-state index contributed by atoms with van der Waals surface area (Å²) in [4.78, 5) is 26.3. The van der Waals surface area contributed by atoms with Crippen molar-refractivity contribution in [1.29, 1.82) is 0 Å².